The molecule has 3 rings (SSSR count). The summed E-state index contributed by atoms with van der Waals surface area (Å²) in [6, 6.07) is 9.48. The number of hydrogen-bond acceptors (Lipinski definition) is 2. The first-order valence-electron chi connectivity index (χ1n) is 8.02. The lowest BCUT2D eigenvalue weighted by atomic mass is 9.84. The van der Waals surface area contributed by atoms with Gasteiger partial charge in [-0.1, -0.05) is 50.3 Å². The van der Waals surface area contributed by atoms with Crippen LogP contribution in [0.4, 0.5) is 0 Å². The van der Waals surface area contributed by atoms with E-state index >= 15 is 0 Å². The number of thiophene rings is 1. The Bertz CT molecular complexity index is 539. The Hall–Kier alpha value is -0.860. The van der Waals surface area contributed by atoms with Crippen molar-refractivity contribution in [3.8, 4) is 0 Å². The van der Waals surface area contributed by atoms with E-state index in [2.05, 4.69) is 42.0 Å². The van der Waals surface area contributed by atoms with Crippen molar-refractivity contribution in [2.24, 2.45) is 5.92 Å². The van der Waals surface area contributed by atoms with Crippen LogP contribution in [0.5, 0.6) is 0 Å². The molecule has 1 fully saturated rings. The monoisotopic (exact) mass is 287 g/mol. The minimum absolute atomic E-state index is 0.513. The maximum Gasteiger partial charge on any atom is 0.0390 e. The van der Waals surface area contributed by atoms with E-state index in [1.807, 2.05) is 11.3 Å². The van der Waals surface area contributed by atoms with Crippen LogP contribution in [0.3, 0.4) is 0 Å². The number of nitrogens with one attached hydrogen (secondary N) is 1. The van der Waals surface area contributed by atoms with Crippen LogP contribution in [0.25, 0.3) is 10.1 Å². The largest absolute Gasteiger partial charge is 0.313 e. The Kier molecular flexibility index (Phi) is 4.74. The molecule has 1 unspecified atom stereocenters. The van der Waals surface area contributed by atoms with Crippen LogP contribution in [0.2, 0.25) is 0 Å². The number of benzene rings is 1. The molecule has 20 heavy (non-hydrogen) atoms. The third kappa shape index (κ3) is 3.07. The molecule has 2 aromatic rings. The van der Waals surface area contributed by atoms with E-state index in [1.54, 1.807) is 0 Å². The van der Waals surface area contributed by atoms with Gasteiger partial charge >= 0.3 is 0 Å². The molecule has 0 bridgehead atoms. The lowest BCUT2D eigenvalue weighted by Gasteiger charge is -2.24. The highest BCUT2D eigenvalue weighted by atomic mass is 32.1. The van der Waals surface area contributed by atoms with Gasteiger partial charge in [-0.3, -0.25) is 0 Å². The topological polar surface area (TPSA) is 12.0 Å². The Labute approximate surface area is 126 Å². The Morgan fingerprint density at radius 3 is 2.85 bits per heavy atom. The molecule has 1 aliphatic carbocycles. The summed E-state index contributed by atoms with van der Waals surface area (Å²) in [7, 11) is 2.11. The zero-order valence-corrected chi connectivity index (χ0v) is 13.2. The van der Waals surface area contributed by atoms with E-state index in [9.17, 15) is 0 Å². The van der Waals surface area contributed by atoms with Crippen LogP contribution < -0.4 is 5.32 Å². The van der Waals surface area contributed by atoms with Gasteiger partial charge in [0.05, 0.1) is 0 Å². The second-order valence-corrected chi connectivity index (χ2v) is 7.02. The highest BCUT2D eigenvalue weighted by Crippen LogP contribution is 2.34. The fourth-order valence-corrected chi connectivity index (χ4v) is 4.59. The molecule has 108 valence electrons. The summed E-state index contributed by atoms with van der Waals surface area (Å²) in [4.78, 5) is 0. The molecule has 1 aromatic heterocycles. The summed E-state index contributed by atoms with van der Waals surface area (Å²) in [5.74, 6) is 0.974. The van der Waals surface area contributed by atoms with Crippen molar-refractivity contribution in [3.05, 3.63) is 35.2 Å². The normalized spacial score (nSPS) is 18.4. The standard InChI is InChI=1S/C18H25NS/c1-19-17(11-10-14-6-3-2-4-7-14)16-9-5-8-15-12-13-20-18(15)16/h5,8-9,12-14,17,19H,2-4,6-7,10-11H2,1H3. The first-order valence-corrected chi connectivity index (χ1v) is 8.90. The zero-order valence-electron chi connectivity index (χ0n) is 12.4. The summed E-state index contributed by atoms with van der Waals surface area (Å²) in [6.45, 7) is 0. The summed E-state index contributed by atoms with van der Waals surface area (Å²) in [6.07, 6.45) is 9.94. The fraction of sp³-hybridized carbons (Fsp3) is 0.556. The molecule has 1 atom stereocenters. The Balaban J connectivity index is 1.70. The van der Waals surface area contributed by atoms with Crippen LogP contribution in [-0.4, -0.2) is 7.05 Å². The predicted octanol–water partition coefficient (Wildman–Crippen LogP) is 5.52. The molecule has 2 heteroatoms. The average molecular weight is 287 g/mol. The van der Waals surface area contributed by atoms with Crippen molar-refractivity contribution >= 4 is 21.4 Å². The van der Waals surface area contributed by atoms with Crippen molar-refractivity contribution in [3.63, 3.8) is 0 Å². The first kappa shape index (κ1) is 14.1. The molecular formula is C18H25NS. The average Bonchev–Trinajstić information content (AvgIpc) is 2.98. The molecule has 1 heterocycles. The second-order valence-electron chi connectivity index (χ2n) is 6.11. The zero-order chi connectivity index (χ0) is 13.8. The van der Waals surface area contributed by atoms with E-state index in [4.69, 9.17) is 0 Å². The van der Waals surface area contributed by atoms with E-state index in [0.717, 1.165) is 5.92 Å². The third-order valence-corrected chi connectivity index (χ3v) is 5.80. The number of rotatable bonds is 5. The maximum atomic E-state index is 3.55. The Morgan fingerprint density at radius 2 is 2.05 bits per heavy atom. The summed E-state index contributed by atoms with van der Waals surface area (Å²) in [5.41, 5.74) is 1.50. The van der Waals surface area contributed by atoms with Crippen LogP contribution in [0.1, 0.15) is 56.6 Å². The summed E-state index contributed by atoms with van der Waals surface area (Å²) < 4.78 is 1.47. The third-order valence-electron chi connectivity index (χ3n) is 4.82. The molecular weight excluding hydrogens is 262 g/mol. The molecule has 0 saturated heterocycles. The SMILES string of the molecule is CNC(CCC1CCCCC1)c1cccc2ccsc12. The van der Waals surface area contributed by atoms with Gasteiger partial charge in [0.25, 0.3) is 0 Å². The highest BCUT2D eigenvalue weighted by Gasteiger charge is 2.18. The van der Waals surface area contributed by atoms with E-state index in [0.29, 0.717) is 6.04 Å². The molecule has 0 aliphatic heterocycles. The van der Waals surface area contributed by atoms with E-state index in [-0.39, 0.29) is 0 Å². The molecule has 1 nitrogen and oxygen atoms in total. The smallest absolute Gasteiger partial charge is 0.0390 e. The van der Waals surface area contributed by atoms with Gasteiger partial charge in [-0.15, -0.1) is 11.3 Å². The van der Waals surface area contributed by atoms with Crippen LogP contribution in [0, 0.1) is 5.92 Å². The quantitative estimate of drug-likeness (QED) is 0.763. The van der Waals surface area contributed by atoms with Crippen molar-refractivity contribution in [1.82, 2.24) is 5.32 Å². The number of fused-ring (bicyclic) bond motifs is 1. The van der Waals surface area contributed by atoms with Gasteiger partial charge in [0.2, 0.25) is 0 Å². The Morgan fingerprint density at radius 1 is 1.20 bits per heavy atom. The van der Waals surface area contributed by atoms with Gasteiger partial charge in [-0.2, -0.15) is 0 Å². The molecule has 0 radical (unpaired) electrons. The second kappa shape index (κ2) is 6.73. The minimum Gasteiger partial charge on any atom is -0.313 e. The van der Waals surface area contributed by atoms with Crippen molar-refractivity contribution in [2.45, 2.75) is 51.0 Å². The number of hydrogen-bond donors (Lipinski definition) is 1. The fourth-order valence-electron chi connectivity index (χ4n) is 3.62. The lowest BCUT2D eigenvalue weighted by Crippen LogP contribution is -2.18. The van der Waals surface area contributed by atoms with Crippen molar-refractivity contribution < 1.29 is 0 Å². The minimum atomic E-state index is 0.513. The molecule has 0 amide bonds. The first-order chi connectivity index (χ1) is 9.88. The van der Waals surface area contributed by atoms with Gasteiger partial charge < -0.3 is 5.32 Å². The molecule has 1 aliphatic rings. The van der Waals surface area contributed by atoms with Crippen molar-refractivity contribution in [2.75, 3.05) is 7.05 Å². The van der Waals surface area contributed by atoms with E-state index < -0.39 is 0 Å². The molecule has 1 aromatic carbocycles. The van der Waals surface area contributed by atoms with E-state index in [1.165, 1.54) is 60.6 Å². The lowest BCUT2D eigenvalue weighted by molar-refractivity contribution is 0.318. The highest BCUT2D eigenvalue weighted by molar-refractivity contribution is 7.17. The van der Waals surface area contributed by atoms with Gasteiger partial charge in [-0.25, -0.2) is 0 Å². The molecule has 1 N–H and O–H groups in total. The van der Waals surface area contributed by atoms with Gasteiger partial charge in [0.1, 0.15) is 0 Å². The summed E-state index contributed by atoms with van der Waals surface area (Å²) in [5, 5.41) is 7.15. The molecule has 0 spiro atoms. The van der Waals surface area contributed by atoms with Crippen LogP contribution in [-0.2, 0) is 0 Å². The predicted molar refractivity (Wildman–Crippen MR) is 89.4 cm³/mol. The maximum absolute atomic E-state index is 3.55. The molecule has 1 saturated carbocycles. The van der Waals surface area contributed by atoms with Gasteiger partial charge in [-0.05, 0) is 48.2 Å². The van der Waals surface area contributed by atoms with Crippen LogP contribution >= 0.6 is 11.3 Å². The van der Waals surface area contributed by atoms with Gasteiger partial charge in [0, 0.05) is 10.7 Å². The van der Waals surface area contributed by atoms with Gasteiger partial charge in [0.15, 0.2) is 0 Å². The van der Waals surface area contributed by atoms with Crippen LogP contribution in [0.15, 0.2) is 29.6 Å². The van der Waals surface area contributed by atoms with Crippen molar-refractivity contribution in [1.29, 1.82) is 0 Å². The summed E-state index contributed by atoms with van der Waals surface area (Å²) >= 11 is 1.88.